The monoisotopic (exact) mass is 524 g/mol. The summed E-state index contributed by atoms with van der Waals surface area (Å²) >= 11 is 0. The van der Waals surface area contributed by atoms with E-state index in [2.05, 4.69) is 20.8 Å². The molecule has 1 aromatic carbocycles. The fraction of sp³-hybridized carbons (Fsp3) is 0.677. The van der Waals surface area contributed by atoms with E-state index in [9.17, 15) is 14.4 Å². The summed E-state index contributed by atoms with van der Waals surface area (Å²) in [6.07, 6.45) is 2.28. The number of cyclic esters (lactones) is 1. The van der Waals surface area contributed by atoms with Gasteiger partial charge < -0.3 is 9.47 Å². The lowest BCUT2D eigenvalue weighted by Gasteiger charge is -2.36. The maximum atomic E-state index is 13.8. The van der Waals surface area contributed by atoms with Crippen LogP contribution in [0.2, 0.25) is 0 Å². The van der Waals surface area contributed by atoms with Crippen LogP contribution in [0.1, 0.15) is 98.4 Å². The van der Waals surface area contributed by atoms with Gasteiger partial charge in [-0.25, -0.2) is 9.59 Å². The number of ether oxygens (including phenoxy) is 2. The SMILES string of the molecule is CC(C)(C)OC(=O)[C@@H](C[C@@H]1C(=O)O[C@@H](C(C)(C)C)N1C(=O)c1ccccc1)N=C1C[C@H]2CC[C@]1(C)C2(C)C. The highest BCUT2D eigenvalue weighted by atomic mass is 16.6. The Labute approximate surface area is 227 Å². The number of carbonyl (C=O) groups is 3. The van der Waals surface area contributed by atoms with Crippen molar-refractivity contribution in [3.8, 4) is 0 Å². The van der Waals surface area contributed by atoms with Gasteiger partial charge in [0, 0.05) is 28.5 Å². The van der Waals surface area contributed by atoms with Crippen molar-refractivity contribution in [1.29, 1.82) is 0 Å². The molecule has 7 nitrogen and oxygen atoms in total. The third-order valence-electron chi connectivity index (χ3n) is 9.03. The second-order valence-corrected chi connectivity index (χ2v) is 14.1. The molecule has 4 rings (SSSR count). The molecule has 2 bridgehead atoms. The van der Waals surface area contributed by atoms with E-state index >= 15 is 0 Å². The smallest absolute Gasteiger partial charge is 0.331 e. The third kappa shape index (κ3) is 5.01. The maximum absolute atomic E-state index is 13.8. The summed E-state index contributed by atoms with van der Waals surface area (Å²) in [5.41, 5.74) is 0.230. The number of fused-ring (bicyclic) bond motifs is 2. The Morgan fingerprint density at radius 1 is 1.11 bits per heavy atom. The topological polar surface area (TPSA) is 85.3 Å². The quantitative estimate of drug-likeness (QED) is 0.454. The lowest BCUT2D eigenvalue weighted by atomic mass is 9.70. The molecule has 5 atom stereocenters. The molecular weight excluding hydrogens is 480 g/mol. The molecule has 0 unspecified atom stereocenters. The van der Waals surface area contributed by atoms with Crippen molar-refractivity contribution in [2.24, 2.45) is 27.2 Å². The van der Waals surface area contributed by atoms with E-state index in [1.54, 1.807) is 24.3 Å². The first-order valence-electron chi connectivity index (χ1n) is 13.8. The van der Waals surface area contributed by atoms with Crippen LogP contribution in [0.15, 0.2) is 35.3 Å². The van der Waals surface area contributed by atoms with Crippen LogP contribution in [0.3, 0.4) is 0 Å². The molecule has 1 aliphatic heterocycles. The fourth-order valence-electron chi connectivity index (χ4n) is 6.40. The van der Waals surface area contributed by atoms with Crippen molar-refractivity contribution in [3.05, 3.63) is 35.9 Å². The van der Waals surface area contributed by atoms with Gasteiger partial charge in [0.2, 0.25) is 0 Å². The molecular formula is C31H44N2O5. The van der Waals surface area contributed by atoms with E-state index in [0.29, 0.717) is 11.5 Å². The molecule has 3 fully saturated rings. The normalized spacial score (nSPS) is 30.4. The highest BCUT2D eigenvalue weighted by Crippen LogP contribution is 2.64. The third-order valence-corrected chi connectivity index (χ3v) is 9.03. The molecule has 0 radical (unpaired) electrons. The number of rotatable bonds is 5. The van der Waals surface area contributed by atoms with Crippen LogP contribution in [-0.4, -0.2) is 52.4 Å². The average molecular weight is 525 g/mol. The highest BCUT2D eigenvalue weighted by Gasteiger charge is 2.60. The zero-order chi connectivity index (χ0) is 28.3. The number of carbonyl (C=O) groups excluding carboxylic acids is 3. The Kier molecular flexibility index (Phi) is 7.07. The molecule has 2 saturated carbocycles. The standard InChI is InChI=1S/C31H44N2O5/c1-28(2,3)27-33(24(34)19-13-11-10-12-14-19)22(26(36)37-27)18-21(25(35)38-29(4,5)6)32-23-17-20-15-16-31(23,9)30(20,7)8/h10-14,20-22,27H,15-18H2,1-9H3/t20-,21-,22-,27+,31+/m1/s1. The van der Waals surface area contributed by atoms with Crippen LogP contribution in [0, 0.1) is 22.2 Å². The molecule has 38 heavy (non-hydrogen) atoms. The minimum Gasteiger partial charge on any atom is -0.458 e. The van der Waals surface area contributed by atoms with Crippen LogP contribution >= 0.6 is 0 Å². The van der Waals surface area contributed by atoms with Crippen molar-refractivity contribution in [1.82, 2.24) is 4.90 Å². The minimum absolute atomic E-state index is 0.0174. The first-order valence-corrected chi connectivity index (χ1v) is 13.8. The zero-order valence-electron chi connectivity index (χ0n) is 24.5. The average Bonchev–Trinajstić information content (AvgIpc) is 3.32. The number of aliphatic imine (C=N–C) groups is 1. The van der Waals surface area contributed by atoms with Gasteiger partial charge in [0.1, 0.15) is 17.7 Å². The lowest BCUT2D eigenvalue weighted by molar-refractivity contribution is -0.156. The number of nitrogens with zero attached hydrogens (tertiary/aromatic N) is 2. The summed E-state index contributed by atoms with van der Waals surface area (Å²) in [6, 6.07) is 7.01. The van der Waals surface area contributed by atoms with Gasteiger partial charge in [0.15, 0.2) is 6.23 Å². The molecule has 1 saturated heterocycles. The van der Waals surface area contributed by atoms with Crippen LogP contribution in [0.25, 0.3) is 0 Å². The summed E-state index contributed by atoms with van der Waals surface area (Å²) in [4.78, 5) is 47.2. The van der Waals surface area contributed by atoms with Crippen molar-refractivity contribution < 1.29 is 23.9 Å². The predicted octanol–water partition coefficient (Wildman–Crippen LogP) is 5.81. The van der Waals surface area contributed by atoms with Gasteiger partial charge in [-0.2, -0.15) is 0 Å². The number of esters is 2. The first kappa shape index (κ1) is 28.3. The number of amides is 1. The van der Waals surface area contributed by atoms with Crippen molar-refractivity contribution in [3.63, 3.8) is 0 Å². The molecule has 0 spiro atoms. The van der Waals surface area contributed by atoms with E-state index < -0.39 is 41.3 Å². The number of benzene rings is 1. The Morgan fingerprint density at radius 2 is 1.74 bits per heavy atom. The van der Waals surface area contributed by atoms with Gasteiger partial charge in [-0.1, -0.05) is 59.7 Å². The molecule has 3 aliphatic rings. The molecule has 1 heterocycles. The molecule has 1 amide bonds. The minimum atomic E-state index is -0.951. The summed E-state index contributed by atoms with van der Waals surface area (Å²) in [6.45, 7) is 18.1. The van der Waals surface area contributed by atoms with Gasteiger partial charge in [-0.15, -0.1) is 0 Å². The summed E-state index contributed by atoms with van der Waals surface area (Å²) in [5, 5.41) is 0. The van der Waals surface area contributed by atoms with E-state index in [0.717, 1.165) is 25.0 Å². The fourth-order valence-corrected chi connectivity index (χ4v) is 6.40. The van der Waals surface area contributed by atoms with Crippen LogP contribution in [-0.2, 0) is 19.1 Å². The maximum Gasteiger partial charge on any atom is 0.331 e. The molecule has 7 heteroatoms. The van der Waals surface area contributed by atoms with Crippen LogP contribution < -0.4 is 0 Å². The van der Waals surface area contributed by atoms with Gasteiger partial charge in [0.05, 0.1) is 0 Å². The van der Waals surface area contributed by atoms with Crippen LogP contribution in [0.5, 0.6) is 0 Å². The molecule has 208 valence electrons. The Morgan fingerprint density at radius 3 is 2.24 bits per heavy atom. The summed E-state index contributed by atoms with van der Waals surface area (Å²) < 4.78 is 11.6. The number of hydrogen-bond donors (Lipinski definition) is 0. The first-order chi connectivity index (χ1) is 17.5. The highest BCUT2D eigenvalue weighted by molar-refractivity contribution is 5.99. The van der Waals surface area contributed by atoms with E-state index in [1.807, 2.05) is 47.6 Å². The predicted molar refractivity (Wildman–Crippen MR) is 147 cm³/mol. The lowest BCUT2D eigenvalue weighted by Crippen LogP contribution is -2.49. The van der Waals surface area contributed by atoms with Crippen molar-refractivity contribution >= 4 is 23.6 Å². The molecule has 2 aliphatic carbocycles. The van der Waals surface area contributed by atoms with E-state index in [4.69, 9.17) is 14.5 Å². The molecule has 1 aromatic rings. The van der Waals surface area contributed by atoms with Gasteiger partial charge in [0.25, 0.3) is 5.91 Å². The largest absolute Gasteiger partial charge is 0.458 e. The van der Waals surface area contributed by atoms with Crippen molar-refractivity contribution in [2.45, 2.75) is 112 Å². The summed E-state index contributed by atoms with van der Waals surface area (Å²) in [5.74, 6) is -0.774. The Hall–Kier alpha value is -2.70. The Bertz CT molecular complexity index is 1130. The van der Waals surface area contributed by atoms with Crippen molar-refractivity contribution in [2.75, 3.05) is 0 Å². The van der Waals surface area contributed by atoms with Gasteiger partial charge >= 0.3 is 11.9 Å². The van der Waals surface area contributed by atoms with Gasteiger partial charge in [-0.05, 0) is 63.5 Å². The van der Waals surface area contributed by atoms with Gasteiger partial charge in [-0.3, -0.25) is 14.7 Å². The molecule has 0 N–H and O–H groups in total. The molecule has 0 aromatic heterocycles. The second kappa shape index (κ2) is 9.49. The van der Waals surface area contributed by atoms with Crippen LogP contribution in [0.4, 0.5) is 0 Å². The van der Waals surface area contributed by atoms with E-state index in [1.165, 1.54) is 4.90 Å². The second-order valence-electron chi connectivity index (χ2n) is 14.1. The zero-order valence-corrected chi connectivity index (χ0v) is 24.5. The Balaban J connectivity index is 1.73. The number of hydrogen-bond acceptors (Lipinski definition) is 6. The van der Waals surface area contributed by atoms with E-state index in [-0.39, 0.29) is 23.2 Å². The summed E-state index contributed by atoms with van der Waals surface area (Å²) in [7, 11) is 0.